The molecule has 1 aromatic heterocycles. The molecule has 1 aromatic carbocycles. The Bertz CT molecular complexity index is 864. The number of carbonyl (C=O) groups excluding carboxylic acids is 3. The minimum Gasteiger partial charge on any atom is -0.459 e. The number of amides is 4. The number of furan rings is 1. The van der Waals surface area contributed by atoms with E-state index in [1.807, 2.05) is 36.1 Å². The maximum atomic E-state index is 12.5. The van der Waals surface area contributed by atoms with Crippen LogP contribution >= 0.6 is 0 Å². The summed E-state index contributed by atoms with van der Waals surface area (Å²) < 4.78 is 5.04. The van der Waals surface area contributed by atoms with Gasteiger partial charge in [0.05, 0.1) is 6.26 Å². The van der Waals surface area contributed by atoms with E-state index in [0.717, 1.165) is 30.6 Å². The van der Waals surface area contributed by atoms with Crippen molar-refractivity contribution in [2.75, 3.05) is 31.5 Å². The minimum absolute atomic E-state index is 0.0843. The van der Waals surface area contributed by atoms with Gasteiger partial charge in [-0.15, -0.1) is 0 Å². The highest BCUT2D eigenvalue weighted by molar-refractivity contribution is 5.91. The van der Waals surface area contributed by atoms with Gasteiger partial charge < -0.3 is 25.3 Å². The van der Waals surface area contributed by atoms with Crippen LogP contribution in [0.15, 0.2) is 47.1 Å². The first-order chi connectivity index (χ1) is 15.0. The highest BCUT2D eigenvalue weighted by Crippen LogP contribution is 2.17. The number of hydrogen-bond donors (Lipinski definition) is 3. The topological polar surface area (TPSA) is 104 Å². The zero-order chi connectivity index (χ0) is 22.1. The summed E-state index contributed by atoms with van der Waals surface area (Å²) in [5.74, 6) is 0.316. The third kappa shape index (κ3) is 7.16. The van der Waals surface area contributed by atoms with Crippen LogP contribution in [0.2, 0.25) is 0 Å². The van der Waals surface area contributed by atoms with E-state index in [1.54, 1.807) is 12.1 Å². The summed E-state index contributed by atoms with van der Waals surface area (Å²) >= 11 is 0. The van der Waals surface area contributed by atoms with Crippen LogP contribution in [-0.2, 0) is 4.79 Å². The van der Waals surface area contributed by atoms with Crippen LogP contribution in [0.25, 0.3) is 0 Å². The monoisotopic (exact) mass is 426 g/mol. The van der Waals surface area contributed by atoms with Gasteiger partial charge in [-0.2, -0.15) is 0 Å². The second-order valence-corrected chi connectivity index (χ2v) is 7.89. The lowest BCUT2D eigenvalue weighted by molar-refractivity contribution is -0.133. The molecule has 8 heteroatoms. The molecular weight excluding hydrogens is 396 g/mol. The van der Waals surface area contributed by atoms with Gasteiger partial charge in [0.1, 0.15) is 0 Å². The van der Waals surface area contributed by atoms with Gasteiger partial charge in [-0.25, -0.2) is 4.79 Å². The van der Waals surface area contributed by atoms with Crippen LogP contribution in [0.4, 0.5) is 10.5 Å². The molecule has 4 amide bonds. The Balaban J connectivity index is 1.33. The van der Waals surface area contributed by atoms with Gasteiger partial charge in [-0.3, -0.25) is 9.59 Å². The van der Waals surface area contributed by atoms with E-state index in [0.29, 0.717) is 32.5 Å². The van der Waals surface area contributed by atoms with Crippen molar-refractivity contribution in [1.82, 2.24) is 15.5 Å². The number of nitrogens with zero attached hydrogens (tertiary/aromatic N) is 1. The number of anilines is 1. The second kappa shape index (κ2) is 11.2. The van der Waals surface area contributed by atoms with Crippen molar-refractivity contribution in [2.45, 2.75) is 32.6 Å². The molecule has 1 unspecified atom stereocenters. The zero-order valence-corrected chi connectivity index (χ0v) is 17.9. The van der Waals surface area contributed by atoms with Gasteiger partial charge in [-0.1, -0.05) is 17.7 Å². The summed E-state index contributed by atoms with van der Waals surface area (Å²) in [6, 6.07) is 10.7. The lowest BCUT2D eigenvalue weighted by atomic mass is 9.97. The van der Waals surface area contributed by atoms with Gasteiger partial charge in [0.15, 0.2) is 5.76 Å². The summed E-state index contributed by atoms with van der Waals surface area (Å²) in [6.07, 6.45) is 4.31. The molecule has 0 saturated carbocycles. The number of benzene rings is 1. The molecular formula is C23H30N4O4. The van der Waals surface area contributed by atoms with E-state index in [2.05, 4.69) is 16.0 Å². The molecule has 3 N–H and O–H groups in total. The van der Waals surface area contributed by atoms with E-state index in [-0.39, 0.29) is 29.5 Å². The molecule has 0 aliphatic carbocycles. The summed E-state index contributed by atoms with van der Waals surface area (Å²) in [5, 5.41) is 8.48. The highest BCUT2D eigenvalue weighted by Gasteiger charge is 2.23. The van der Waals surface area contributed by atoms with Crippen molar-refractivity contribution in [1.29, 1.82) is 0 Å². The van der Waals surface area contributed by atoms with E-state index in [9.17, 15) is 14.4 Å². The Kier molecular flexibility index (Phi) is 8.09. The lowest BCUT2D eigenvalue weighted by Gasteiger charge is -2.33. The molecule has 0 radical (unpaired) electrons. The first-order valence-electron chi connectivity index (χ1n) is 10.7. The molecule has 0 bridgehead atoms. The molecule has 8 nitrogen and oxygen atoms in total. The number of rotatable bonds is 8. The Morgan fingerprint density at radius 2 is 1.94 bits per heavy atom. The fraction of sp³-hybridized carbons (Fsp3) is 0.435. The van der Waals surface area contributed by atoms with Gasteiger partial charge in [0, 0.05) is 38.3 Å². The van der Waals surface area contributed by atoms with Crippen molar-refractivity contribution in [3.8, 4) is 0 Å². The number of nitrogens with one attached hydrogen (secondary N) is 3. The first kappa shape index (κ1) is 22.4. The smallest absolute Gasteiger partial charge is 0.319 e. The van der Waals surface area contributed by atoms with Crippen LogP contribution in [0.1, 0.15) is 41.8 Å². The first-order valence-corrected chi connectivity index (χ1v) is 10.7. The number of hydrogen-bond acceptors (Lipinski definition) is 4. The third-order valence-corrected chi connectivity index (χ3v) is 5.33. The lowest BCUT2D eigenvalue weighted by Crippen LogP contribution is -2.44. The third-order valence-electron chi connectivity index (χ3n) is 5.33. The normalized spacial score (nSPS) is 15.9. The summed E-state index contributed by atoms with van der Waals surface area (Å²) in [6.45, 7) is 4.33. The fourth-order valence-electron chi connectivity index (χ4n) is 3.60. The van der Waals surface area contributed by atoms with Gasteiger partial charge in [-0.05, 0) is 56.4 Å². The van der Waals surface area contributed by atoms with Crippen LogP contribution in [-0.4, -0.2) is 48.9 Å². The number of aryl methyl sites for hydroxylation is 1. The van der Waals surface area contributed by atoms with E-state index in [4.69, 9.17) is 4.42 Å². The van der Waals surface area contributed by atoms with Crippen LogP contribution in [0.5, 0.6) is 0 Å². The quantitative estimate of drug-likeness (QED) is 0.564. The molecule has 2 aromatic rings. The molecule has 31 heavy (non-hydrogen) atoms. The molecule has 1 aliphatic heterocycles. The Labute approximate surface area is 182 Å². The van der Waals surface area contributed by atoms with Crippen molar-refractivity contribution < 1.29 is 18.8 Å². The average Bonchev–Trinajstić information content (AvgIpc) is 3.32. The van der Waals surface area contributed by atoms with Crippen LogP contribution < -0.4 is 16.0 Å². The number of carbonyl (C=O) groups is 3. The molecule has 1 saturated heterocycles. The summed E-state index contributed by atoms with van der Waals surface area (Å²) in [4.78, 5) is 38.3. The van der Waals surface area contributed by atoms with Gasteiger partial charge >= 0.3 is 6.03 Å². The maximum Gasteiger partial charge on any atom is 0.319 e. The van der Waals surface area contributed by atoms with E-state index < -0.39 is 0 Å². The van der Waals surface area contributed by atoms with Crippen LogP contribution in [0.3, 0.4) is 0 Å². The van der Waals surface area contributed by atoms with Gasteiger partial charge in [0.2, 0.25) is 5.91 Å². The maximum absolute atomic E-state index is 12.5. The van der Waals surface area contributed by atoms with Crippen molar-refractivity contribution in [3.63, 3.8) is 0 Å². The SMILES string of the molecule is Cc1ccc(NC(=O)NCC2CCCN(C(=O)CCCNC(=O)c3ccco3)C2)cc1. The molecule has 1 fully saturated rings. The summed E-state index contributed by atoms with van der Waals surface area (Å²) in [7, 11) is 0. The van der Waals surface area contributed by atoms with Crippen molar-refractivity contribution in [3.05, 3.63) is 54.0 Å². The molecule has 1 atom stereocenters. The zero-order valence-electron chi connectivity index (χ0n) is 17.9. The second-order valence-electron chi connectivity index (χ2n) is 7.89. The highest BCUT2D eigenvalue weighted by atomic mass is 16.3. The van der Waals surface area contributed by atoms with Crippen molar-refractivity contribution in [2.24, 2.45) is 5.92 Å². The number of piperidine rings is 1. The van der Waals surface area contributed by atoms with E-state index in [1.165, 1.54) is 6.26 Å². The van der Waals surface area contributed by atoms with E-state index >= 15 is 0 Å². The Morgan fingerprint density at radius 3 is 2.68 bits per heavy atom. The average molecular weight is 427 g/mol. The summed E-state index contributed by atoms with van der Waals surface area (Å²) in [5.41, 5.74) is 1.89. The number of likely N-dealkylation sites (tertiary alicyclic amines) is 1. The van der Waals surface area contributed by atoms with Crippen molar-refractivity contribution >= 4 is 23.5 Å². The number of urea groups is 1. The molecule has 166 valence electrons. The minimum atomic E-state index is -0.273. The van der Waals surface area contributed by atoms with Crippen LogP contribution in [0, 0.1) is 12.8 Å². The molecule has 0 spiro atoms. The standard InChI is InChI=1S/C23H30N4O4/c1-17-8-10-19(11-9-17)26-23(30)25-15-18-5-3-13-27(16-18)21(28)7-2-12-24-22(29)20-6-4-14-31-20/h4,6,8-11,14,18H,2-3,5,7,12-13,15-16H2,1H3,(H,24,29)(H2,25,26,30). The predicted octanol–water partition coefficient (Wildman–Crippen LogP) is 3.16. The molecule has 2 heterocycles. The molecule has 3 rings (SSSR count). The fourth-order valence-corrected chi connectivity index (χ4v) is 3.60. The Morgan fingerprint density at radius 1 is 1.13 bits per heavy atom. The Hall–Kier alpha value is -3.29. The molecule has 1 aliphatic rings. The largest absolute Gasteiger partial charge is 0.459 e. The van der Waals surface area contributed by atoms with Gasteiger partial charge in [0.25, 0.3) is 5.91 Å². The predicted molar refractivity (Wildman–Crippen MR) is 118 cm³/mol.